The summed E-state index contributed by atoms with van der Waals surface area (Å²) in [5.74, 6) is 0.237. The molecule has 0 spiro atoms. The second-order valence-corrected chi connectivity index (χ2v) is 5.90. The molecule has 0 bridgehead atoms. The molecule has 18 heavy (non-hydrogen) atoms. The van der Waals surface area contributed by atoms with E-state index in [4.69, 9.17) is 5.26 Å². The summed E-state index contributed by atoms with van der Waals surface area (Å²) in [7, 11) is 0.984. The number of nitrogens with zero attached hydrogens (tertiary/aromatic N) is 2. The maximum absolute atomic E-state index is 13.6. The highest BCUT2D eigenvalue weighted by molar-refractivity contribution is 7.84. The maximum Gasteiger partial charge on any atom is 0.127 e. The van der Waals surface area contributed by atoms with Crippen LogP contribution < -0.4 is 0 Å². The lowest BCUT2D eigenvalue weighted by atomic mass is 10.1. The van der Waals surface area contributed by atoms with Gasteiger partial charge in [0.1, 0.15) is 5.82 Å². The van der Waals surface area contributed by atoms with Crippen molar-refractivity contribution < 1.29 is 8.60 Å². The molecular formula is C13H17FN2OS. The fraction of sp³-hybridized carbons (Fsp3) is 0.462. The molecule has 5 heteroatoms. The minimum Gasteiger partial charge on any atom is -0.298 e. The van der Waals surface area contributed by atoms with Crippen LogP contribution in [0.5, 0.6) is 0 Å². The van der Waals surface area contributed by atoms with Crippen molar-refractivity contribution >= 4 is 10.8 Å². The normalized spacial score (nSPS) is 14.2. The van der Waals surface area contributed by atoms with E-state index in [-0.39, 0.29) is 11.9 Å². The van der Waals surface area contributed by atoms with Crippen LogP contribution in [0.4, 0.5) is 4.39 Å². The van der Waals surface area contributed by atoms with Gasteiger partial charge in [0.25, 0.3) is 0 Å². The van der Waals surface area contributed by atoms with E-state index in [0.29, 0.717) is 23.4 Å². The topological polar surface area (TPSA) is 44.1 Å². The van der Waals surface area contributed by atoms with Gasteiger partial charge in [0.15, 0.2) is 0 Å². The fourth-order valence-electron chi connectivity index (χ4n) is 1.66. The number of nitriles is 1. The van der Waals surface area contributed by atoms with Crippen LogP contribution in [0.1, 0.15) is 18.1 Å². The Morgan fingerprint density at radius 1 is 1.56 bits per heavy atom. The van der Waals surface area contributed by atoms with Crippen LogP contribution in [0.25, 0.3) is 0 Å². The summed E-state index contributed by atoms with van der Waals surface area (Å²) in [6.07, 6.45) is 1.65. The molecule has 0 heterocycles. The number of rotatable bonds is 5. The first-order valence-corrected chi connectivity index (χ1v) is 7.35. The maximum atomic E-state index is 13.6. The predicted octanol–water partition coefficient (Wildman–Crippen LogP) is 1.90. The Labute approximate surface area is 110 Å². The average molecular weight is 268 g/mol. The van der Waals surface area contributed by atoms with Crippen molar-refractivity contribution in [3.8, 4) is 6.07 Å². The van der Waals surface area contributed by atoms with Gasteiger partial charge in [-0.3, -0.25) is 9.11 Å². The van der Waals surface area contributed by atoms with Crippen molar-refractivity contribution in [2.24, 2.45) is 0 Å². The molecule has 0 amide bonds. The molecule has 3 nitrogen and oxygen atoms in total. The van der Waals surface area contributed by atoms with Gasteiger partial charge in [-0.1, -0.05) is 0 Å². The third-order valence-electron chi connectivity index (χ3n) is 2.82. The Morgan fingerprint density at radius 2 is 2.22 bits per heavy atom. The van der Waals surface area contributed by atoms with Gasteiger partial charge in [-0.25, -0.2) is 4.39 Å². The third kappa shape index (κ3) is 4.21. The molecule has 2 atom stereocenters. The van der Waals surface area contributed by atoms with Crippen LogP contribution in [0.3, 0.4) is 0 Å². The first-order chi connectivity index (χ1) is 8.43. The summed E-state index contributed by atoms with van der Waals surface area (Å²) in [6.45, 7) is 2.35. The Hall–Kier alpha value is -1.25. The first kappa shape index (κ1) is 14.8. The molecule has 0 saturated heterocycles. The van der Waals surface area contributed by atoms with Crippen LogP contribution in [-0.2, 0) is 17.3 Å². The van der Waals surface area contributed by atoms with E-state index >= 15 is 0 Å². The largest absolute Gasteiger partial charge is 0.298 e. The Bertz CT molecular complexity index is 484. The molecule has 1 rings (SSSR count). The third-order valence-corrected chi connectivity index (χ3v) is 3.77. The lowest BCUT2D eigenvalue weighted by molar-refractivity contribution is 0.265. The molecule has 0 aromatic heterocycles. The van der Waals surface area contributed by atoms with Gasteiger partial charge in [0.2, 0.25) is 0 Å². The predicted molar refractivity (Wildman–Crippen MR) is 71.0 cm³/mol. The minimum atomic E-state index is -0.873. The lowest BCUT2D eigenvalue weighted by Crippen LogP contribution is -2.33. The quantitative estimate of drug-likeness (QED) is 0.819. The second kappa shape index (κ2) is 6.62. The smallest absolute Gasteiger partial charge is 0.127 e. The monoisotopic (exact) mass is 268 g/mol. The van der Waals surface area contributed by atoms with Gasteiger partial charge in [-0.2, -0.15) is 5.26 Å². The average Bonchev–Trinajstić information content (AvgIpc) is 2.31. The number of halogens is 1. The van der Waals surface area contributed by atoms with Gasteiger partial charge in [-0.05, 0) is 32.2 Å². The molecule has 0 aliphatic rings. The summed E-state index contributed by atoms with van der Waals surface area (Å²) in [6, 6.07) is 6.42. The number of benzene rings is 1. The van der Waals surface area contributed by atoms with E-state index in [2.05, 4.69) is 0 Å². The Morgan fingerprint density at radius 3 is 2.78 bits per heavy atom. The van der Waals surface area contributed by atoms with E-state index in [1.165, 1.54) is 12.1 Å². The minimum absolute atomic E-state index is 0.0981. The highest BCUT2D eigenvalue weighted by Gasteiger charge is 2.13. The van der Waals surface area contributed by atoms with Crippen molar-refractivity contribution in [2.75, 3.05) is 19.1 Å². The van der Waals surface area contributed by atoms with Crippen LogP contribution in [0, 0.1) is 17.1 Å². The van der Waals surface area contributed by atoms with Crippen molar-refractivity contribution in [2.45, 2.75) is 19.5 Å². The summed E-state index contributed by atoms with van der Waals surface area (Å²) in [4.78, 5) is 1.93. The Balaban J connectivity index is 2.78. The molecule has 1 aromatic carbocycles. The van der Waals surface area contributed by atoms with E-state index in [9.17, 15) is 8.60 Å². The lowest BCUT2D eigenvalue weighted by Gasteiger charge is -2.24. The van der Waals surface area contributed by atoms with E-state index < -0.39 is 10.8 Å². The van der Waals surface area contributed by atoms with Crippen LogP contribution in [0.15, 0.2) is 18.2 Å². The molecule has 0 radical (unpaired) electrons. The van der Waals surface area contributed by atoms with E-state index in [0.717, 1.165) is 0 Å². The van der Waals surface area contributed by atoms with E-state index in [1.54, 1.807) is 12.3 Å². The summed E-state index contributed by atoms with van der Waals surface area (Å²) >= 11 is 0. The second-order valence-electron chi connectivity index (χ2n) is 4.42. The zero-order chi connectivity index (χ0) is 13.7. The van der Waals surface area contributed by atoms with Gasteiger partial charge >= 0.3 is 0 Å². The van der Waals surface area contributed by atoms with Gasteiger partial charge < -0.3 is 0 Å². The van der Waals surface area contributed by atoms with Gasteiger partial charge in [0.05, 0.1) is 11.6 Å². The molecule has 1 aromatic rings. The highest BCUT2D eigenvalue weighted by atomic mass is 32.2. The fourth-order valence-corrected chi connectivity index (χ4v) is 2.59. The molecule has 0 N–H and O–H groups in total. The zero-order valence-corrected chi connectivity index (χ0v) is 11.6. The Kier molecular flexibility index (Phi) is 5.45. The molecule has 0 aliphatic heterocycles. The van der Waals surface area contributed by atoms with Crippen LogP contribution in [-0.4, -0.2) is 34.2 Å². The highest BCUT2D eigenvalue weighted by Crippen LogP contribution is 2.13. The van der Waals surface area contributed by atoms with Crippen molar-refractivity contribution in [3.63, 3.8) is 0 Å². The van der Waals surface area contributed by atoms with Crippen molar-refractivity contribution in [3.05, 3.63) is 35.1 Å². The first-order valence-electron chi connectivity index (χ1n) is 5.63. The summed E-state index contributed by atoms with van der Waals surface area (Å²) in [5.41, 5.74) is 0.941. The number of hydrogen-bond donors (Lipinski definition) is 0. The van der Waals surface area contributed by atoms with Crippen LogP contribution >= 0.6 is 0 Å². The van der Waals surface area contributed by atoms with Crippen molar-refractivity contribution in [1.82, 2.24) is 4.90 Å². The molecule has 0 saturated carbocycles. The molecule has 0 aliphatic carbocycles. The van der Waals surface area contributed by atoms with E-state index in [1.807, 2.05) is 24.9 Å². The molecular weight excluding hydrogens is 251 g/mol. The molecule has 0 fully saturated rings. The summed E-state index contributed by atoms with van der Waals surface area (Å²) < 4.78 is 24.7. The molecule has 0 unspecified atom stereocenters. The number of hydrogen-bond acceptors (Lipinski definition) is 3. The van der Waals surface area contributed by atoms with Gasteiger partial charge in [0, 0.05) is 41.0 Å². The van der Waals surface area contributed by atoms with Crippen LogP contribution in [0.2, 0.25) is 0 Å². The van der Waals surface area contributed by atoms with Gasteiger partial charge in [-0.15, -0.1) is 0 Å². The van der Waals surface area contributed by atoms with Crippen molar-refractivity contribution in [1.29, 1.82) is 5.26 Å². The SMILES string of the molecule is C[C@H](C[S@](C)=O)N(C)Cc1cc(C#N)ccc1F. The summed E-state index contributed by atoms with van der Waals surface area (Å²) in [5, 5.41) is 8.79. The molecule has 98 valence electrons. The zero-order valence-electron chi connectivity index (χ0n) is 10.8. The standard InChI is InChI=1S/C13H17FN2OS/c1-10(9-18(3)17)16(2)8-12-6-11(7-15)4-5-13(12)14/h4-6,10H,8-9H2,1-3H3/t10-,18+/m1/s1.